The third-order valence-corrected chi connectivity index (χ3v) is 3.16. The lowest BCUT2D eigenvalue weighted by Crippen LogP contribution is -2.55. The number of carbonyl (C=O) groups is 1. The maximum Gasteiger partial charge on any atom is 0.333 e. The van der Waals surface area contributed by atoms with Crippen molar-refractivity contribution in [2.75, 3.05) is 19.8 Å². The molecule has 0 spiro atoms. The highest BCUT2D eigenvalue weighted by Gasteiger charge is 2.44. The smallest absolute Gasteiger partial charge is 0.333 e. The molecule has 0 saturated heterocycles. The second-order valence-corrected chi connectivity index (χ2v) is 4.31. The Morgan fingerprint density at radius 1 is 1.44 bits per heavy atom. The highest BCUT2D eigenvalue weighted by molar-refractivity contribution is 5.83. The van der Waals surface area contributed by atoms with Crippen LogP contribution in [0.25, 0.3) is 0 Å². The molecule has 0 aliphatic carbocycles. The Kier molecular flexibility index (Phi) is 3.99. The molecule has 1 atom stereocenters. The summed E-state index contributed by atoms with van der Waals surface area (Å²) in [7, 11) is 0. The van der Waals surface area contributed by atoms with E-state index in [2.05, 4.69) is 5.32 Å². The quantitative estimate of drug-likeness (QED) is 0.823. The molecule has 98 valence electrons. The van der Waals surface area contributed by atoms with Crippen molar-refractivity contribution in [3.63, 3.8) is 0 Å². The predicted molar refractivity (Wildman–Crippen MR) is 68.1 cm³/mol. The summed E-state index contributed by atoms with van der Waals surface area (Å²) < 4.78 is 10.8. The van der Waals surface area contributed by atoms with Gasteiger partial charge in [0.25, 0.3) is 0 Å². The van der Waals surface area contributed by atoms with Crippen LogP contribution >= 0.6 is 0 Å². The number of nitrogens with one attached hydrogen (secondary N) is 1. The molecule has 0 aromatic heterocycles. The fourth-order valence-electron chi connectivity index (χ4n) is 2.40. The predicted octanol–water partition coefficient (Wildman–Crippen LogP) is 1.58. The second kappa shape index (κ2) is 5.50. The van der Waals surface area contributed by atoms with Crippen molar-refractivity contribution in [3.8, 4) is 0 Å². The molecule has 0 radical (unpaired) electrons. The van der Waals surface area contributed by atoms with Gasteiger partial charge in [0, 0.05) is 0 Å². The van der Waals surface area contributed by atoms with Crippen LogP contribution in [0.1, 0.15) is 25.0 Å². The lowest BCUT2D eigenvalue weighted by molar-refractivity contribution is -0.156. The van der Waals surface area contributed by atoms with Crippen molar-refractivity contribution in [1.82, 2.24) is 5.32 Å². The van der Waals surface area contributed by atoms with Gasteiger partial charge in [-0.25, -0.2) is 4.79 Å². The van der Waals surface area contributed by atoms with Gasteiger partial charge >= 0.3 is 5.97 Å². The first-order valence-electron chi connectivity index (χ1n) is 6.33. The Morgan fingerprint density at radius 2 is 2.22 bits per heavy atom. The summed E-state index contributed by atoms with van der Waals surface area (Å²) in [5.74, 6) is -0.265. The third kappa shape index (κ3) is 2.13. The molecule has 1 N–H and O–H groups in total. The number of carbonyl (C=O) groups excluding carboxylic acids is 1. The van der Waals surface area contributed by atoms with Gasteiger partial charge in [-0.3, -0.25) is 5.32 Å². The minimum absolute atomic E-state index is 0.265. The van der Waals surface area contributed by atoms with Gasteiger partial charge in [0.1, 0.15) is 0 Å². The first-order chi connectivity index (χ1) is 8.74. The van der Waals surface area contributed by atoms with Gasteiger partial charge in [0.2, 0.25) is 0 Å². The summed E-state index contributed by atoms with van der Waals surface area (Å²) in [6.45, 7) is 5.69. The normalized spacial score (nSPS) is 22.3. The maximum atomic E-state index is 12.3. The molecule has 2 rings (SSSR count). The molecule has 1 aliphatic heterocycles. The summed E-state index contributed by atoms with van der Waals surface area (Å²) in [4.78, 5) is 12.3. The number of hydrogen-bond donors (Lipinski definition) is 1. The van der Waals surface area contributed by atoms with E-state index in [1.807, 2.05) is 38.1 Å². The SMILES string of the molecule is CCNC1(C(=O)OCC)COCc2ccccc21. The van der Waals surface area contributed by atoms with E-state index < -0.39 is 5.54 Å². The van der Waals surface area contributed by atoms with Gasteiger partial charge in [-0.2, -0.15) is 0 Å². The molecule has 4 heteroatoms. The van der Waals surface area contributed by atoms with Crippen LogP contribution < -0.4 is 5.32 Å². The van der Waals surface area contributed by atoms with E-state index in [1.54, 1.807) is 0 Å². The molecule has 1 aliphatic rings. The fraction of sp³-hybridized carbons (Fsp3) is 0.500. The van der Waals surface area contributed by atoms with Crippen LogP contribution in [0.3, 0.4) is 0 Å². The summed E-state index contributed by atoms with van der Waals surface area (Å²) >= 11 is 0. The lowest BCUT2D eigenvalue weighted by Gasteiger charge is -2.37. The Balaban J connectivity index is 2.45. The van der Waals surface area contributed by atoms with Crippen molar-refractivity contribution in [2.24, 2.45) is 0 Å². The van der Waals surface area contributed by atoms with Gasteiger partial charge in [0.05, 0.1) is 19.8 Å². The van der Waals surface area contributed by atoms with E-state index in [-0.39, 0.29) is 5.97 Å². The Bertz CT molecular complexity index is 433. The van der Waals surface area contributed by atoms with E-state index in [0.29, 0.717) is 26.4 Å². The zero-order valence-corrected chi connectivity index (χ0v) is 10.9. The Hall–Kier alpha value is -1.39. The van der Waals surface area contributed by atoms with Crippen LogP contribution in [0.5, 0.6) is 0 Å². The summed E-state index contributed by atoms with van der Waals surface area (Å²) in [5.41, 5.74) is 1.15. The molecule has 1 unspecified atom stereocenters. The van der Waals surface area contributed by atoms with Crippen molar-refractivity contribution in [1.29, 1.82) is 0 Å². The van der Waals surface area contributed by atoms with Crippen molar-refractivity contribution < 1.29 is 14.3 Å². The van der Waals surface area contributed by atoms with E-state index in [0.717, 1.165) is 11.1 Å². The molecule has 18 heavy (non-hydrogen) atoms. The number of esters is 1. The molecule has 0 saturated carbocycles. The molecule has 0 fully saturated rings. The Morgan fingerprint density at radius 3 is 2.94 bits per heavy atom. The van der Waals surface area contributed by atoms with Crippen LogP contribution in [0, 0.1) is 0 Å². The number of fused-ring (bicyclic) bond motifs is 1. The largest absolute Gasteiger partial charge is 0.464 e. The first-order valence-corrected chi connectivity index (χ1v) is 6.33. The number of likely N-dealkylation sites (N-methyl/N-ethyl adjacent to an activating group) is 1. The molecule has 4 nitrogen and oxygen atoms in total. The zero-order chi connectivity index (χ0) is 13.0. The van der Waals surface area contributed by atoms with Crippen molar-refractivity contribution in [3.05, 3.63) is 35.4 Å². The van der Waals surface area contributed by atoms with E-state index >= 15 is 0 Å². The molecule has 1 aromatic rings. The monoisotopic (exact) mass is 249 g/mol. The van der Waals surface area contributed by atoms with E-state index in [9.17, 15) is 4.79 Å². The molecular formula is C14H19NO3. The number of benzene rings is 1. The van der Waals surface area contributed by atoms with Crippen LogP contribution in [0.2, 0.25) is 0 Å². The van der Waals surface area contributed by atoms with Crippen molar-refractivity contribution >= 4 is 5.97 Å². The molecule has 0 amide bonds. The number of ether oxygens (including phenoxy) is 2. The van der Waals surface area contributed by atoms with Crippen LogP contribution in [0.15, 0.2) is 24.3 Å². The Labute approximate surface area is 107 Å². The molecule has 0 bridgehead atoms. The second-order valence-electron chi connectivity index (χ2n) is 4.31. The van der Waals surface area contributed by atoms with Gasteiger partial charge in [-0.15, -0.1) is 0 Å². The van der Waals surface area contributed by atoms with Gasteiger partial charge in [-0.1, -0.05) is 31.2 Å². The fourth-order valence-corrected chi connectivity index (χ4v) is 2.40. The third-order valence-electron chi connectivity index (χ3n) is 3.16. The van der Waals surface area contributed by atoms with Crippen LogP contribution in [-0.4, -0.2) is 25.7 Å². The molecular weight excluding hydrogens is 230 g/mol. The van der Waals surface area contributed by atoms with Crippen LogP contribution in [-0.2, 0) is 26.4 Å². The standard InChI is InChI=1S/C14H19NO3/c1-3-15-14(13(16)18-4-2)10-17-9-11-7-5-6-8-12(11)14/h5-8,15H,3-4,9-10H2,1-2H3. The van der Waals surface area contributed by atoms with Gasteiger partial charge < -0.3 is 9.47 Å². The average Bonchev–Trinajstić information content (AvgIpc) is 2.39. The lowest BCUT2D eigenvalue weighted by atomic mass is 9.85. The summed E-state index contributed by atoms with van der Waals surface area (Å²) in [6.07, 6.45) is 0. The zero-order valence-electron chi connectivity index (χ0n) is 10.9. The average molecular weight is 249 g/mol. The van der Waals surface area contributed by atoms with Gasteiger partial charge in [0.15, 0.2) is 5.54 Å². The minimum Gasteiger partial charge on any atom is -0.464 e. The topological polar surface area (TPSA) is 47.6 Å². The van der Waals surface area contributed by atoms with Crippen molar-refractivity contribution in [2.45, 2.75) is 26.0 Å². The highest BCUT2D eigenvalue weighted by atomic mass is 16.5. The summed E-state index contributed by atoms with van der Waals surface area (Å²) in [5, 5.41) is 3.24. The van der Waals surface area contributed by atoms with E-state index in [1.165, 1.54) is 0 Å². The maximum absolute atomic E-state index is 12.3. The molecule has 1 aromatic carbocycles. The molecule has 1 heterocycles. The first kappa shape index (κ1) is 13.1. The minimum atomic E-state index is -0.862. The number of rotatable bonds is 4. The van der Waals surface area contributed by atoms with E-state index in [4.69, 9.17) is 9.47 Å². The number of hydrogen-bond acceptors (Lipinski definition) is 4. The van der Waals surface area contributed by atoms with Crippen LogP contribution in [0.4, 0.5) is 0 Å². The summed E-state index contributed by atoms with van der Waals surface area (Å²) in [6, 6.07) is 7.85. The highest BCUT2D eigenvalue weighted by Crippen LogP contribution is 2.31. The van der Waals surface area contributed by atoms with Gasteiger partial charge in [-0.05, 0) is 24.6 Å².